The number of hydrogen-bond donors (Lipinski definition) is 0. The third-order valence-corrected chi connectivity index (χ3v) is 9.59. The van der Waals surface area contributed by atoms with Gasteiger partial charge in [0.15, 0.2) is 0 Å². The average Bonchev–Trinajstić information content (AvgIpc) is 3.67. The predicted octanol–water partition coefficient (Wildman–Crippen LogP) is 8.65. The summed E-state index contributed by atoms with van der Waals surface area (Å²) >= 11 is 0. The van der Waals surface area contributed by atoms with Crippen LogP contribution in [0.2, 0.25) is 0 Å². The van der Waals surface area contributed by atoms with E-state index in [4.69, 9.17) is 38.5 Å². The van der Waals surface area contributed by atoms with Crippen LogP contribution in [0.4, 0.5) is 11.4 Å². The number of rotatable bonds is 10. The number of terminal acetylenes is 6. The molecular weight excluding hydrogens is 633 g/mol. The van der Waals surface area contributed by atoms with Gasteiger partial charge in [-0.1, -0.05) is 96.2 Å². The Morgan fingerprint density at radius 2 is 0.769 bits per heavy atom. The van der Waals surface area contributed by atoms with E-state index in [0.717, 1.165) is 77.2 Å². The number of hydrogen-bond acceptors (Lipinski definition) is 2. The minimum atomic E-state index is 0.382. The Morgan fingerprint density at radius 3 is 1.10 bits per heavy atom. The normalized spacial score (nSPS) is 10.7. The molecule has 0 saturated carbocycles. The molecule has 7 rings (SSSR count). The second-order valence-corrected chi connectivity index (χ2v) is 12.4. The van der Waals surface area contributed by atoms with Crippen molar-refractivity contribution >= 4 is 55.0 Å². The first-order valence-electron chi connectivity index (χ1n) is 16.9. The Balaban J connectivity index is 1.67. The Bertz CT molecular complexity index is 2520. The van der Waals surface area contributed by atoms with E-state index in [-0.39, 0.29) is 0 Å². The molecule has 0 atom stereocenters. The van der Waals surface area contributed by atoms with Crippen molar-refractivity contribution in [3.05, 3.63) is 97.1 Å². The fourth-order valence-electron chi connectivity index (χ4n) is 7.54. The summed E-state index contributed by atoms with van der Waals surface area (Å²) in [4.78, 5) is 4.01. The summed E-state index contributed by atoms with van der Waals surface area (Å²) in [6.07, 6.45) is 35.1. The fraction of sp³-hybridized carbons (Fsp3) is 0.125. The number of para-hydroxylation sites is 2. The Morgan fingerprint density at radius 1 is 0.423 bits per heavy atom. The van der Waals surface area contributed by atoms with Gasteiger partial charge in [0.2, 0.25) is 0 Å². The van der Waals surface area contributed by atoms with Crippen LogP contribution >= 0.6 is 0 Å². The molecule has 0 saturated heterocycles. The SMILES string of the molecule is C#CCN(CC#C)c1ccc(-c2c3c4ccccc4n(CC#C)c3c(-c3ccc(N(CC#C)CC#C)cc3)c3c4ccccc4n(CC#C)c23)cc1. The van der Waals surface area contributed by atoms with Gasteiger partial charge < -0.3 is 18.9 Å². The summed E-state index contributed by atoms with van der Waals surface area (Å²) in [7, 11) is 0. The first-order valence-corrected chi connectivity index (χ1v) is 16.9. The molecule has 2 heterocycles. The molecule has 4 nitrogen and oxygen atoms in total. The number of aromatic nitrogens is 2. The lowest BCUT2D eigenvalue weighted by Gasteiger charge is -2.21. The molecule has 0 aliphatic heterocycles. The summed E-state index contributed by atoms with van der Waals surface area (Å²) in [6, 6.07) is 33.8. The largest absolute Gasteiger partial charge is 0.349 e. The zero-order chi connectivity index (χ0) is 36.2. The first kappa shape index (κ1) is 33.2. The molecule has 0 fully saturated rings. The van der Waals surface area contributed by atoms with Crippen LogP contribution in [0, 0.1) is 74.1 Å². The van der Waals surface area contributed by atoms with Crippen molar-refractivity contribution in [3.8, 4) is 96.3 Å². The standard InChI is InChI=1S/C48H34N4/c1-7-29-49(30-8-2)37-25-21-35(22-26-37)43-45-39-17-13-15-19-41(39)52(34-12-6)48(45)44(36-23-27-38(28-24-36)50(31-9-3)32-10-4)46-40-18-14-16-20-42(40)51(33-11-5)47(43)46/h1-6,13-28H,29-34H2. The Kier molecular flexibility index (Phi) is 9.09. The van der Waals surface area contributed by atoms with Gasteiger partial charge in [-0.2, -0.15) is 0 Å². The van der Waals surface area contributed by atoms with Gasteiger partial charge in [-0.05, 0) is 47.5 Å². The van der Waals surface area contributed by atoms with Crippen LogP contribution in [-0.4, -0.2) is 35.3 Å². The number of fused-ring (bicyclic) bond motifs is 6. The van der Waals surface area contributed by atoms with E-state index in [1.807, 2.05) is 9.80 Å². The molecule has 246 valence electrons. The zero-order valence-corrected chi connectivity index (χ0v) is 28.7. The molecule has 0 spiro atoms. The molecule has 0 N–H and O–H groups in total. The molecule has 0 aliphatic carbocycles. The highest BCUT2D eigenvalue weighted by Gasteiger charge is 2.27. The summed E-state index contributed by atoms with van der Waals surface area (Å²) < 4.78 is 4.53. The molecular formula is C48H34N4. The third kappa shape index (κ3) is 5.44. The van der Waals surface area contributed by atoms with Crippen molar-refractivity contribution in [2.24, 2.45) is 0 Å². The van der Waals surface area contributed by atoms with E-state index in [9.17, 15) is 0 Å². The summed E-state index contributed by atoms with van der Waals surface area (Å²) in [6.45, 7) is 2.39. The van der Waals surface area contributed by atoms with Crippen LogP contribution in [0.5, 0.6) is 0 Å². The minimum absolute atomic E-state index is 0.382. The Hall–Kier alpha value is -7.34. The van der Waals surface area contributed by atoms with E-state index in [1.165, 1.54) is 0 Å². The molecule has 52 heavy (non-hydrogen) atoms. The average molecular weight is 667 g/mol. The van der Waals surface area contributed by atoms with E-state index >= 15 is 0 Å². The molecule has 7 aromatic rings. The van der Waals surface area contributed by atoms with Gasteiger partial charge in [-0.15, -0.1) is 38.5 Å². The fourth-order valence-corrected chi connectivity index (χ4v) is 7.54. The van der Waals surface area contributed by atoms with E-state index in [2.05, 4.69) is 142 Å². The van der Waals surface area contributed by atoms with Gasteiger partial charge in [0.1, 0.15) is 0 Å². The monoisotopic (exact) mass is 666 g/mol. The highest BCUT2D eigenvalue weighted by molar-refractivity contribution is 6.32. The van der Waals surface area contributed by atoms with Crippen molar-refractivity contribution in [1.82, 2.24) is 9.13 Å². The van der Waals surface area contributed by atoms with Crippen LogP contribution in [0.1, 0.15) is 0 Å². The Labute approximate surface area is 305 Å². The van der Waals surface area contributed by atoms with E-state index in [0.29, 0.717) is 39.3 Å². The molecule has 0 unspecified atom stereocenters. The lowest BCUT2D eigenvalue weighted by atomic mass is 9.89. The van der Waals surface area contributed by atoms with Crippen molar-refractivity contribution in [2.75, 3.05) is 36.0 Å². The van der Waals surface area contributed by atoms with Gasteiger partial charge in [0, 0.05) is 44.0 Å². The predicted molar refractivity (Wildman–Crippen MR) is 221 cm³/mol. The molecule has 0 amide bonds. The van der Waals surface area contributed by atoms with Crippen molar-refractivity contribution in [2.45, 2.75) is 13.1 Å². The zero-order valence-electron chi connectivity index (χ0n) is 28.7. The summed E-state index contributed by atoms with van der Waals surface area (Å²) in [5.74, 6) is 16.8. The summed E-state index contributed by atoms with van der Waals surface area (Å²) in [5.41, 5.74) is 10.3. The smallest absolute Gasteiger partial charge is 0.0841 e. The second-order valence-electron chi connectivity index (χ2n) is 12.4. The number of nitrogens with zero attached hydrogens (tertiary/aromatic N) is 4. The highest BCUT2D eigenvalue weighted by Crippen LogP contribution is 2.50. The molecule has 2 aromatic heterocycles. The molecule has 0 aliphatic rings. The van der Waals surface area contributed by atoms with E-state index < -0.39 is 0 Å². The van der Waals surface area contributed by atoms with E-state index in [1.54, 1.807) is 0 Å². The molecule has 0 bridgehead atoms. The van der Waals surface area contributed by atoms with Crippen molar-refractivity contribution in [3.63, 3.8) is 0 Å². The minimum Gasteiger partial charge on any atom is -0.349 e. The molecule has 5 aromatic carbocycles. The number of anilines is 2. The highest BCUT2D eigenvalue weighted by atomic mass is 15.1. The summed E-state index contributed by atoms with van der Waals surface area (Å²) in [5, 5.41) is 4.38. The van der Waals surface area contributed by atoms with Gasteiger partial charge >= 0.3 is 0 Å². The third-order valence-electron chi connectivity index (χ3n) is 9.59. The topological polar surface area (TPSA) is 16.3 Å². The van der Waals surface area contributed by atoms with Crippen LogP contribution in [0.3, 0.4) is 0 Å². The molecule has 4 heteroatoms. The lowest BCUT2D eigenvalue weighted by Crippen LogP contribution is -2.23. The van der Waals surface area contributed by atoms with Crippen LogP contribution in [-0.2, 0) is 13.1 Å². The first-order chi connectivity index (χ1) is 25.6. The number of benzene rings is 5. The lowest BCUT2D eigenvalue weighted by molar-refractivity contribution is 0.921. The molecule has 0 radical (unpaired) electrons. The van der Waals surface area contributed by atoms with Crippen molar-refractivity contribution < 1.29 is 0 Å². The van der Waals surface area contributed by atoms with Gasteiger partial charge in [-0.3, -0.25) is 0 Å². The second kappa shape index (κ2) is 14.3. The van der Waals surface area contributed by atoms with Crippen LogP contribution in [0.15, 0.2) is 97.1 Å². The van der Waals surface area contributed by atoms with Gasteiger partial charge in [-0.25, -0.2) is 0 Å². The van der Waals surface area contributed by atoms with Gasteiger partial charge in [0.25, 0.3) is 0 Å². The maximum Gasteiger partial charge on any atom is 0.0841 e. The van der Waals surface area contributed by atoms with Crippen molar-refractivity contribution in [1.29, 1.82) is 0 Å². The maximum absolute atomic E-state index is 6.12. The quantitative estimate of drug-likeness (QED) is 0.136. The van der Waals surface area contributed by atoms with Crippen LogP contribution in [0.25, 0.3) is 65.9 Å². The van der Waals surface area contributed by atoms with Crippen LogP contribution < -0.4 is 9.80 Å². The van der Waals surface area contributed by atoms with Gasteiger partial charge in [0.05, 0.1) is 61.3 Å². The maximum atomic E-state index is 6.12.